The molecule has 0 bridgehead atoms. The number of para-hydroxylation sites is 1. The summed E-state index contributed by atoms with van der Waals surface area (Å²) in [5.41, 5.74) is 1.48. The number of esters is 1. The molecule has 1 amide bonds. The number of ether oxygens (including phenoxy) is 1. The fourth-order valence-corrected chi connectivity index (χ4v) is 3.34. The number of aromatic nitrogens is 3. The first-order chi connectivity index (χ1) is 11.0. The Morgan fingerprint density at radius 1 is 1.22 bits per heavy atom. The van der Waals surface area contributed by atoms with Gasteiger partial charge in [-0.05, 0) is 26.0 Å². The minimum absolute atomic E-state index is 0.297. The van der Waals surface area contributed by atoms with Crippen LogP contribution in [0.4, 0.5) is 5.69 Å². The van der Waals surface area contributed by atoms with Crippen LogP contribution in [0.25, 0.3) is 4.96 Å². The summed E-state index contributed by atoms with van der Waals surface area (Å²) >= 11 is 1.25. The second kappa shape index (κ2) is 5.81. The number of methoxy groups -OCH3 is 1. The van der Waals surface area contributed by atoms with Crippen LogP contribution in [0.15, 0.2) is 24.3 Å². The molecule has 7 nitrogen and oxygen atoms in total. The standard InChI is InChI=1S/C15H14N4O3S/c1-8-12(23-15-18-17-9(2)19(8)15)13(20)16-11-7-5-4-6-10(11)14(21)22-3/h4-7H,1-3H3,(H,16,20). The Balaban J connectivity index is 1.95. The summed E-state index contributed by atoms with van der Waals surface area (Å²) in [7, 11) is 1.30. The molecule has 118 valence electrons. The number of aryl methyl sites for hydroxylation is 2. The minimum Gasteiger partial charge on any atom is -0.465 e. The number of hydrogen-bond acceptors (Lipinski definition) is 6. The molecule has 2 aromatic heterocycles. The van der Waals surface area contributed by atoms with Gasteiger partial charge >= 0.3 is 5.97 Å². The molecule has 1 N–H and O–H groups in total. The molecule has 1 aromatic carbocycles. The third kappa shape index (κ3) is 2.57. The van der Waals surface area contributed by atoms with Crippen molar-refractivity contribution in [1.29, 1.82) is 0 Å². The molecule has 0 aliphatic heterocycles. The SMILES string of the molecule is COC(=O)c1ccccc1NC(=O)c1sc2nnc(C)n2c1C. The van der Waals surface area contributed by atoms with Gasteiger partial charge in [0.05, 0.1) is 18.4 Å². The van der Waals surface area contributed by atoms with E-state index >= 15 is 0 Å². The maximum absolute atomic E-state index is 12.6. The zero-order valence-corrected chi connectivity index (χ0v) is 13.6. The van der Waals surface area contributed by atoms with Crippen LogP contribution in [0.3, 0.4) is 0 Å². The van der Waals surface area contributed by atoms with E-state index in [2.05, 4.69) is 15.5 Å². The molecule has 0 fully saturated rings. The molecule has 8 heteroatoms. The number of carbonyl (C=O) groups is 2. The number of amides is 1. The van der Waals surface area contributed by atoms with Crippen LogP contribution in [-0.4, -0.2) is 33.6 Å². The van der Waals surface area contributed by atoms with Gasteiger partial charge in [0.1, 0.15) is 10.7 Å². The summed E-state index contributed by atoms with van der Waals surface area (Å²) in [5, 5.41) is 10.8. The Labute approximate surface area is 135 Å². The van der Waals surface area contributed by atoms with E-state index in [0.29, 0.717) is 21.1 Å². The number of thiazole rings is 1. The summed E-state index contributed by atoms with van der Waals surface area (Å²) in [6, 6.07) is 6.71. The Hall–Kier alpha value is -2.74. The molecule has 3 aromatic rings. The van der Waals surface area contributed by atoms with E-state index in [1.165, 1.54) is 18.4 Å². The molecule has 0 unspecified atom stereocenters. The lowest BCUT2D eigenvalue weighted by Gasteiger charge is -2.09. The van der Waals surface area contributed by atoms with E-state index < -0.39 is 5.97 Å². The molecule has 0 saturated heterocycles. The number of nitrogens with one attached hydrogen (secondary N) is 1. The van der Waals surface area contributed by atoms with Gasteiger partial charge in [0.15, 0.2) is 0 Å². The number of anilines is 1. The van der Waals surface area contributed by atoms with Crippen molar-refractivity contribution >= 4 is 33.9 Å². The molecule has 23 heavy (non-hydrogen) atoms. The average molecular weight is 330 g/mol. The van der Waals surface area contributed by atoms with Gasteiger partial charge in [-0.1, -0.05) is 23.5 Å². The normalized spacial score (nSPS) is 10.7. The summed E-state index contributed by atoms with van der Waals surface area (Å²) in [4.78, 5) is 25.5. The number of hydrogen-bond donors (Lipinski definition) is 1. The third-order valence-electron chi connectivity index (χ3n) is 3.44. The molecule has 0 aliphatic carbocycles. The second-order valence-electron chi connectivity index (χ2n) is 4.87. The van der Waals surface area contributed by atoms with Crippen LogP contribution in [-0.2, 0) is 4.74 Å². The van der Waals surface area contributed by atoms with Gasteiger partial charge in [-0.15, -0.1) is 10.2 Å². The van der Waals surface area contributed by atoms with Crippen molar-refractivity contribution in [3.8, 4) is 0 Å². The molecular weight excluding hydrogens is 316 g/mol. The molecule has 0 aliphatic rings. The molecule has 0 radical (unpaired) electrons. The predicted molar refractivity (Wildman–Crippen MR) is 86.1 cm³/mol. The van der Waals surface area contributed by atoms with Gasteiger partial charge in [-0.3, -0.25) is 9.20 Å². The van der Waals surface area contributed by atoms with Crippen molar-refractivity contribution in [2.45, 2.75) is 13.8 Å². The van der Waals surface area contributed by atoms with Crippen LogP contribution in [0, 0.1) is 13.8 Å². The van der Waals surface area contributed by atoms with Gasteiger partial charge in [-0.2, -0.15) is 0 Å². The largest absolute Gasteiger partial charge is 0.465 e. The zero-order valence-electron chi connectivity index (χ0n) is 12.8. The van der Waals surface area contributed by atoms with Gasteiger partial charge in [-0.25, -0.2) is 4.79 Å². The van der Waals surface area contributed by atoms with Gasteiger partial charge in [0, 0.05) is 5.69 Å². The highest BCUT2D eigenvalue weighted by Crippen LogP contribution is 2.24. The van der Waals surface area contributed by atoms with E-state index in [-0.39, 0.29) is 5.91 Å². The summed E-state index contributed by atoms with van der Waals surface area (Å²) in [6.45, 7) is 3.66. The smallest absolute Gasteiger partial charge is 0.339 e. The predicted octanol–water partition coefficient (Wildman–Crippen LogP) is 2.45. The van der Waals surface area contributed by atoms with Crippen molar-refractivity contribution in [2.24, 2.45) is 0 Å². The zero-order chi connectivity index (χ0) is 16.6. The molecule has 0 saturated carbocycles. The molecule has 2 heterocycles. The number of benzene rings is 1. The Morgan fingerprint density at radius 3 is 2.65 bits per heavy atom. The number of rotatable bonds is 3. The van der Waals surface area contributed by atoms with Crippen molar-refractivity contribution in [1.82, 2.24) is 14.6 Å². The Morgan fingerprint density at radius 2 is 1.96 bits per heavy atom. The van der Waals surface area contributed by atoms with E-state index in [0.717, 1.165) is 11.5 Å². The van der Waals surface area contributed by atoms with Gasteiger partial charge in [0.2, 0.25) is 4.96 Å². The van der Waals surface area contributed by atoms with Crippen molar-refractivity contribution < 1.29 is 14.3 Å². The fraction of sp³-hybridized carbons (Fsp3) is 0.200. The van der Waals surface area contributed by atoms with Crippen LogP contribution in [0.1, 0.15) is 31.5 Å². The highest BCUT2D eigenvalue weighted by atomic mass is 32.1. The average Bonchev–Trinajstić information content (AvgIpc) is 3.08. The molecule has 0 atom stereocenters. The number of nitrogens with zero attached hydrogens (tertiary/aromatic N) is 3. The van der Waals surface area contributed by atoms with Crippen LogP contribution < -0.4 is 5.32 Å². The van der Waals surface area contributed by atoms with E-state index in [1.807, 2.05) is 18.2 Å². The highest BCUT2D eigenvalue weighted by molar-refractivity contribution is 7.19. The monoisotopic (exact) mass is 330 g/mol. The quantitative estimate of drug-likeness (QED) is 0.746. The highest BCUT2D eigenvalue weighted by Gasteiger charge is 2.20. The van der Waals surface area contributed by atoms with Crippen LogP contribution in [0.2, 0.25) is 0 Å². The molecule has 3 rings (SSSR count). The third-order valence-corrected chi connectivity index (χ3v) is 4.57. The number of fused-ring (bicyclic) bond motifs is 1. The first-order valence-electron chi connectivity index (χ1n) is 6.82. The first-order valence-corrected chi connectivity index (χ1v) is 7.64. The molecular formula is C15H14N4O3S. The lowest BCUT2D eigenvalue weighted by molar-refractivity contribution is 0.0602. The van der Waals surface area contributed by atoms with Gasteiger partial charge < -0.3 is 10.1 Å². The Bertz CT molecular complexity index is 913. The summed E-state index contributed by atoms with van der Waals surface area (Å²) in [5.74, 6) is -0.0739. The summed E-state index contributed by atoms with van der Waals surface area (Å²) < 4.78 is 6.55. The van der Waals surface area contributed by atoms with Crippen LogP contribution >= 0.6 is 11.3 Å². The second-order valence-corrected chi connectivity index (χ2v) is 5.85. The maximum Gasteiger partial charge on any atom is 0.339 e. The van der Waals surface area contributed by atoms with Gasteiger partial charge in [0.25, 0.3) is 5.91 Å². The lowest BCUT2D eigenvalue weighted by atomic mass is 10.1. The topological polar surface area (TPSA) is 85.6 Å². The van der Waals surface area contributed by atoms with E-state index in [1.54, 1.807) is 24.3 Å². The molecule has 0 spiro atoms. The van der Waals surface area contributed by atoms with E-state index in [9.17, 15) is 9.59 Å². The van der Waals surface area contributed by atoms with Crippen molar-refractivity contribution in [2.75, 3.05) is 12.4 Å². The summed E-state index contributed by atoms with van der Waals surface area (Å²) in [6.07, 6.45) is 0. The number of carbonyl (C=O) groups excluding carboxylic acids is 2. The van der Waals surface area contributed by atoms with Crippen molar-refractivity contribution in [3.63, 3.8) is 0 Å². The first kappa shape index (κ1) is 15.2. The lowest BCUT2D eigenvalue weighted by Crippen LogP contribution is -2.15. The maximum atomic E-state index is 12.6. The fourth-order valence-electron chi connectivity index (χ4n) is 2.33. The van der Waals surface area contributed by atoms with Crippen molar-refractivity contribution in [3.05, 3.63) is 46.2 Å². The van der Waals surface area contributed by atoms with E-state index in [4.69, 9.17) is 4.74 Å². The Kier molecular flexibility index (Phi) is 3.83. The van der Waals surface area contributed by atoms with Crippen LogP contribution in [0.5, 0.6) is 0 Å². The minimum atomic E-state index is -0.501.